The molecular formula is C26H26N2O2. The largest absolute Gasteiger partial charge is 0.448 e. The Hall–Kier alpha value is -3.27. The molecule has 3 aromatic rings. The summed E-state index contributed by atoms with van der Waals surface area (Å²) in [5, 5.41) is 0. The van der Waals surface area contributed by atoms with Gasteiger partial charge in [0, 0.05) is 37.8 Å². The molecule has 4 nitrogen and oxygen atoms in total. The van der Waals surface area contributed by atoms with Crippen molar-refractivity contribution in [2.45, 2.75) is 12.8 Å². The predicted molar refractivity (Wildman–Crippen MR) is 120 cm³/mol. The molecule has 1 fully saturated rings. The van der Waals surface area contributed by atoms with Gasteiger partial charge in [-0.05, 0) is 41.3 Å². The third kappa shape index (κ3) is 3.43. The molecule has 0 unspecified atom stereocenters. The molecule has 4 heteroatoms. The topological polar surface area (TPSA) is 32.8 Å². The molecule has 1 heterocycles. The highest BCUT2D eigenvalue weighted by molar-refractivity contribution is 5.79. The van der Waals surface area contributed by atoms with Crippen molar-refractivity contribution in [1.29, 1.82) is 0 Å². The first-order valence-electron chi connectivity index (χ1n) is 10.6. The summed E-state index contributed by atoms with van der Waals surface area (Å²) in [5.41, 5.74) is 7.47. The van der Waals surface area contributed by atoms with Gasteiger partial charge < -0.3 is 14.5 Å². The molecule has 30 heavy (non-hydrogen) atoms. The maximum atomic E-state index is 12.8. The number of amides is 1. The van der Waals surface area contributed by atoms with Crippen molar-refractivity contribution >= 4 is 11.8 Å². The number of anilines is 1. The SMILES string of the molecule is Cc1ccc(N2CCN(C(=O)OCC3c4ccccc4-c4ccccc43)CC2)cc1. The van der Waals surface area contributed by atoms with Gasteiger partial charge >= 0.3 is 6.09 Å². The first-order valence-corrected chi connectivity index (χ1v) is 10.6. The van der Waals surface area contributed by atoms with E-state index >= 15 is 0 Å². The van der Waals surface area contributed by atoms with E-state index in [2.05, 4.69) is 84.6 Å². The van der Waals surface area contributed by atoms with E-state index in [1.54, 1.807) is 0 Å². The number of piperazine rings is 1. The van der Waals surface area contributed by atoms with Gasteiger partial charge in [0.2, 0.25) is 0 Å². The number of aryl methyl sites for hydroxylation is 1. The lowest BCUT2D eigenvalue weighted by Gasteiger charge is -2.35. The van der Waals surface area contributed by atoms with Crippen molar-refractivity contribution in [3.63, 3.8) is 0 Å². The predicted octanol–water partition coefficient (Wildman–Crippen LogP) is 5.07. The first-order chi connectivity index (χ1) is 14.7. The van der Waals surface area contributed by atoms with Crippen molar-refractivity contribution in [1.82, 2.24) is 4.90 Å². The molecule has 0 saturated carbocycles. The number of benzene rings is 3. The van der Waals surface area contributed by atoms with E-state index in [0.29, 0.717) is 19.7 Å². The minimum absolute atomic E-state index is 0.107. The van der Waals surface area contributed by atoms with Gasteiger partial charge in [0.05, 0.1) is 0 Å². The normalized spacial score (nSPS) is 15.6. The second kappa shape index (κ2) is 7.86. The fourth-order valence-corrected chi connectivity index (χ4v) is 4.59. The molecule has 0 N–H and O–H groups in total. The molecule has 0 radical (unpaired) electrons. The van der Waals surface area contributed by atoms with E-state index in [4.69, 9.17) is 4.74 Å². The zero-order valence-corrected chi connectivity index (χ0v) is 17.3. The Bertz CT molecular complexity index is 1010. The monoisotopic (exact) mass is 398 g/mol. The number of rotatable bonds is 3. The van der Waals surface area contributed by atoms with Crippen LogP contribution in [0.25, 0.3) is 11.1 Å². The van der Waals surface area contributed by atoms with Gasteiger partial charge in [-0.2, -0.15) is 0 Å². The highest BCUT2D eigenvalue weighted by atomic mass is 16.6. The fraction of sp³-hybridized carbons (Fsp3) is 0.269. The van der Waals surface area contributed by atoms with Crippen LogP contribution in [0.1, 0.15) is 22.6 Å². The average molecular weight is 399 g/mol. The summed E-state index contributed by atoms with van der Waals surface area (Å²) < 4.78 is 5.80. The van der Waals surface area contributed by atoms with Gasteiger partial charge in [-0.3, -0.25) is 0 Å². The maximum absolute atomic E-state index is 12.8. The molecular weight excluding hydrogens is 372 g/mol. The van der Waals surface area contributed by atoms with Gasteiger partial charge in [-0.15, -0.1) is 0 Å². The van der Waals surface area contributed by atoms with Crippen LogP contribution in [-0.4, -0.2) is 43.8 Å². The summed E-state index contributed by atoms with van der Waals surface area (Å²) in [6.45, 7) is 5.50. The number of carbonyl (C=O) groups excluding carboxylic acids is 1. The van der Waals surface area contributed by atoms with Crippen LogP contribution >= 0.6 is 0 Å². The molecule has 1 amide bonds. The van der Waals surface area contributed by atoms with E-state index in [-0.39, 0.29) is 12.0 Å². The molecule has 0 bridgehead atoms. The van der Waals surface area contributed by atoms with Gasteiger partial charge in [0.15, 0.2) is 0 Å². The quantitative estimate of drug-likeness (QED) is 0.618. The van der Waals surface area contributed by atoms with Gasteiger partial charge in [0.1, 0.15) is 6.61 Å². The van der Waals surface area contributed by atoms with Crippen molar-refractivity contribution in [3.05, 3.63) is 89.5 Å². The number of nitrogens with zero attached hydrogens (tertiary/aromatic N) is 2. The summed E-state index contributed by atoms with van der Waals surface area (Å²) >= 11 is 0. The lowest BCUT2D eigenvalue weighted by atomic mass is 9.98. The van der Waals surface area contributed by atoms with Gasteiger partial charge in [-0.25, -0.2) is 4.79 Å². The molecule has 0 atom stereocenters. The van der Waals surface area contributed by atoms with Crippen LogP contribution in [-0.2, 0) is 4.74 Å². The standard InChI is InChI=1S/C26H26N2O2/c1-19-10-12-20(13-11-19)27-14-16-28(17-15-27)26(29)30-18-25-23-8-4-2-6-21(23)22-7-3-5-9-24(22)25/h2-13,25H,14-18H2,1H3. The minimum Gasteiger partial charge on any atom is -0.448 e. The highest BCUT2D eigenvalue weighted by Crippen LogP contribution is 2.44. The molecule has 2 aliphatic rings. The van der Waals surface area contributed by atoms with Crippen molar-refractivity contribution in [2.24, 2.45) is 0 Å². The lowest BCUT2D eigenvalue weighted by Crippen LogP contribution is -2.49. The summed E-state index contributed by atoms with van der Waals surface area (Å²) in [6.07, 6.45) is -0.208. The first kappa shape index (κ1) is 18.7. The van der Waals surface area contributed by atoms with Gasteiger partial charge in [0.25, 0.3) is 0 Å². The Morgan fingerprint density at radius 3 is 2.00 bits per heavy atom. The molecule has 152 valence electrons. The summed E-state index contributed by atoms with van der Waals surface area (Å²) in [4.78, 5) is 16.9. The summed E-state index contributed by atoms with van der Waals surface area (Å²) in [7, 11) is 0. The molecule has 1 saturated heterocycles. The van der Waals surface area contributed by atoms with E-state index in [1.807, 2.05) is 4.90 Å². The smallest absolute Gasteiger partial charge is 0.409 e. The van der Waals surface area contributed by atoms with E-state index < -0.39 is 0 Å². The second-order valence-electron chi connectivity index (χ2n) is 8.11. The lowest BCUT2D eigenvalue weighted by molar-refractivity contribution is 0.0977. The van der Waals surface area contributed by atoms with E-state index in [0.717, 1.165) is 13.1 Å². The third-order valence-corrected chi connectivity index (χ3v) is 6.27. The van der Waals surface area contributed by atoms with Crippen LogP contribution in [0.5, 0.6) is 0 Å². The Morgan fingerprint density at radius 2 is 1.40 bits per heavy atom. The molecule has 3 aromatic carbocycles. The summed E-state index contributed by atoms with van der Waals surface area (Å²) in [6, 6.07) is 25.4. The Balaban J connectivity index is 1.22. The van der Waals surface area contributed by atoms with Crippen LogP contribution in [0.4, 0.5) is 10.5 Å². The minimum atomic E-state index is -0.208. The van der Waals surface area contributed by atoms with Crippen LogP contribution < -0.4 is 4.90 Å². The maximum Gasteiger partial charge on any atom is 0.409 e. The molecule has 0 aromatic heterocycles. The average Bonchev–Trinajstić information content (AvgIpc) is 3.12. The van der Waals surface area contributed by atoms with Crippen molar-refractivity contribution in [3.8, 4) is 11.1 Å². The van der Waals surface area contributed by atoms with Gasteiger partial charge in [-0.1, -0.05) is 66.2 Å². The third-order valence-electron chi connectivity index (χ3n) is 6.27. The van der Waals surface area contributed by atoms with E-state index in [1.165, 1.54) is 33.5 Å². The number of carbonyl (C=O) groups is 1. The Labute approximate surface area is 177 Å². The highest BCUT2D eigenvalue weighted by Gasteiger charge is 2.30. The Morgan fingerprint density at radius 1 is 0.833 bits per heavy atom. The molecule has 1 aliphatic carbocycles. The Kier molecular flexibility index (Phi) is 4.91. The molecule has 0 spiro atoms. The fourth-order valence-electron chi connectivity index (χ4n) is 4.59. The number of hydrogen-bond donors (Lipinski definition) is 0. The van der Waals surface area contributed by atoms with Crippen molar-refractivity contribution in [2.75, 3.05) is 37.7 Å². The molecule has 5 rings (SSSR count). The zero-order chi connectivity index (χ0) is 20.5. The van der Waals surface area contributed by atoms with Crippen LogP contribution in [0, 0.1) is 6.92 Å². The van der Waals surface area contributed by atoms with Crippen LogP contribution in [0.15, 0.2) is 72.8 Å². The second-order valence-corrected chi connectivity index (χ2v) is 8.11. The number of fused-ring (bicyclic) bond motifs is 3. The number of hydrogen-bond acceptors (Lipinski definition) is 3. The van der Waals surface area contributed by atoms with Crippen molar-refractivity contribution < 1.29 is 9.53 Å². The van der Waals surface area contributed by atoms with E-state index in [9.17, 15) is 4.79 Å². The molecule has 1 aliphatic heterocycles. The number of ether oxygens (including phenoxy) is 1. The zero-order valence-electron chi connectivity index (χ0n) is 17.3. The summed E-state index contributed by atoms with van der Waals surface area (Å²) in [5.74, 6) is 0.107. The van der Waals surface area contributed by atoms with Crippen LogP contribution in [0.2, 0.25) is 0 Å². The van der Waals surface area contributed by atoms with Crippen LogP contribution in [0.3, 0.4) is 0 Å².